The number of halogens is 3. The quantitative estimate of drug-likeness (QED) is 0.851. The van der Waals surface area contributed by atoms with Gasteiger partial charge in [0.15, 0.2) is 0 Å². The molecule has 112 valence electrons. The van der Waals surface area contributed by atoms with Gasteiger partial charge in [0.2, 0.25) is 0 Å². The molecule has 0 radical (unpaired) electrons. The van der Waals surface area contributed by atoms with E-state index in [0.717, 1.165) is 18.2 Å². The summed E-state index contributed by atoms with van der Waals surface area (Å²) in [6.45, 7) is 0.102. The zero-order valence-electron chi connectivity index (χ0n) is 11.0. The van der Waals surface area contributed by atoms with Gasteiger partial charge in [0, 0.05) is 22.7 Å². The minimum atomic E-state index is -4.51. The number of hydrogen-bond acceptors (Lipinski definition) is 4. The summed E-state index contributed by atoms with van der Waals surface area (Å²) in [5.41, 5.74) is -0.634. The van der Waals surface area contributed by atoms with Gasteiger partial charge in [0.05, 0.1) is 18.2 Å². The lowest BCUT2D eigenvalue weighted by molar-refractivity contribution is -0.137. The van der Waals surface area contributed by atoms with Crippen LogP contribution in [-0.4, -0.2) is 15.8 Å². The Morgan fingerprint density at radius 3 is 2.77 bits per heavy atom. The number of rotatable bonds is 2. The Labute approximate surface area is 127 Å². The Bertz CT molecular complexity index is 765. The summed E-state index contributed by atoms with van der Waals surface area (Å²) in [6.07, 6.45) is -2.95. The van der Waals surface area contributed by atoms with Crippen molar-refractivity contribution >= 4 is 17.2 Å². The normalized spacial score (nSPS) is 17.5. The molecule has 0 spiro atoms. The van der Waals surface area contributed by atoms with E-state index in [1.165, 1.54) is 16.2 Å². The van der Waals surface area contributed by atoms with E-state index in [0.29, 0.717) is 5.01 Å². The molecule has 0 saturated heterocycles. The Morgan fingerprint density at radius 2 is 2.18 bits per heavy atom. The summed E-state index contributed by atoms with van der Waals surface area (Å²) < 4.78 is 38.4. The van der Waals surface area contributed by atoms with E-state index < -0.39 is 23.7 Å². The van der Waals surface area contributed by atoms with Gasteiger partial charge in [0.25, 0.3) is 5.91 Å². The highest BCUT2D eigenvalue weighted by atomic mass is 32.1. The van der Waals surface area contributed by atoms with Crippen LogP contribution in [0.5, 0.6) is 0 Å². The number of carbonyl (C=O) groups is 1. The molecule has 0 bridgehead atoms. The van der Waals surface area contributed by atoms with Crippen molar-refractivity contribution in [1.82, 2.24) is 9.88 Å². The molecule has 22 heavy (non-hydrogen) atoms. The fourth-order valence-electron chi connectivity index (χ4n) is 2.38. The van der Waals surface area contributed by atoms with Crippen LogP contribution in [0.25, 0.3) is 0 Å². The van der Waals surface area contributed by atoms with E-state index in [-0.39, 0.29) is 17.7 Å². The Hall–Kier alpha value is -2.40. The molecule has 0 saturated carbocycles. The minimum absolute atomic E-state index is 0.0962. The number of aromatic nitrogens is 1. The van der Waals surface area contributed by atoms with E-state index >= 15 is 0 Å². The van der Waals surface area contributed by atoms with Crippen molar-refractivity contribution in [2.24, 2.45) is 0 Å². The van der Waals surface area contributed by atoms with E-state index in [4.69, 9.17) is 0 Å². The van der Waals surface area contributed by atoms with Crippen molar-refractivity contribution in [1.29, 1.82) is 5.26 Å². The van der Waals surface area contributed by atoms with Crippen molar-refractivity contribution in [3.63, 3.8) is 0 Å². The molecule has 0 aliphatic carbocycles. The van der Waals surface area contributed by atoms with Crippen LogP contribution in [0.1, 0.15) is 32.5 Å². The van der Waals surface area contributed by atoms with E-state index in [9.17, 15) is 23.2 Å². The lowest BCUT2D eigenvalue weighted by Crippen LogP contribution is -2.26. The third-order valence-corrected chi connectivity index (χ3v) is 4.15. The summed E-state index contributed by atoms with van der Waals surface area (Å²) in [5.74, 6) is -0.453. The van der Waals surface area contributed by atoms with Gasteiger partial charge in [-0.05, 0) is 18.2 Å². The van der Waals surface area contributed by atoms with E-state index in [1.807, 2.05) is 6.07 Å². The average Bonchev–Trinajstić information content (AvgIpc) is 3.06. The summed E-state index contributed by atoms with van der Waals surface area (Å²) in [5, 5.41) is 11.6. The van der Waals surface area contributed by atoms with Gasteiger partial charge in [-0.3, -0.25) is 4.79 Å². The Kier molecular flexibility index (Phi) is 3.37. The van der Waals surface area contributed by atoms with Crippen LogP contribution in [0.4, 0.5) is 13.2 Å². The first-order chi connectivity index (χ1) is 10.4. The molecule has 0 fully saturated rings. The molecule has 1 aromatic carbocycles. The maximum atomic E-state index is 12.8. The molecule has 2 aromatic rings. The molecule has 2 heterocycles. The SMILES string of the molecule is N#CC1c2cc(C(F)(F)F)ccc2C(=O)N1Cc1nccs1. The zero-order valence-corrected chi connectivity index (χ0v) is 11.8. The monoisotopic (exact) mass is 323 g/mol. The van der Waals surface area contributed by atoms with Gasteiger partial charge in [-0.1, -0.05) is 0 Å². The predicted molar refractivity (Wildman–Crippen MR) is 71.8 cm³/mol. The first kappa shape index (κ1) is 14.5. The standard InChI is InChI=1S/C14H8F3N3OS/c15-14(16,17)8-1-2-9-10(5-8)11(6-18)20(13(9)21)7-12-19-3-4-22-12/h1-5,11H,7H2. The number of alkyl halides is 3. The minimum Gasteiger partial charge on any atom is -0.312 e. The third kappa shape index (κ3) is 2.33. The van der Waals surface area contributed by atoms with E-state index in [2.05, 4.69) is 4.98 Å². The first-order valence-corrected chi connectivity index (χ1v) is 7.10. The van der Waals surface area contributed by atoms with Gasteiger partial charge >= 0.3 is 6.18 Å². The smallest absolute Gasteiger partial charge is 0.312 e. The number of nitriles is 1. The van der Waals surface area contributed by atoms with Crippen molar-refractivity contribution in [3.8, 4) is 6.07 Å². The van der Waals surface area contributed by atoms with Crippen LogP contribution in [0.2, 0.25) is 0 Å². The Balaban J connectivity index is 2.01. The second-order valence-corrected chi connectivity index (χ2v) is 5.67. The van der Waals surface area contributed by atoms with Crippen molar-refractivity contribution < 1.29 is 18.0 Å². The van der Waals surface area contributed by atoms with Crippen LogP contribution in [0.15, 0.2) is 29.8 Å². The highest BCUT2D eigenvalue weighted by Crippen LogP contribution is 2.38. The molecular weight excluding hydrogens is 315 g/mol. The number of nitrogens with zero attached hydrogens (tertiary/aromatic N) is 3. The molecule has 1 aliphatic heterocycles. The van der Waals surface area contributed by atoms with Crippen LogP contribution < -0.4 is 0 Å². The molecule has 3 rings (SSSR count). The molecule has 1 atom stereocenters. The average molecular weight is 323 g/mol. The second kappa shape index (κ2) is 5.10. The number of amides is 1. The molecule has 1 aromatic heterocycles. The fraction of sp³-hybridized carbons (Fsp3) is 0.214. The molecule has 1 aliphatic rings. The largest absolute Gasteiger partial charge is 0.416 e. The van der Waals surface area contributed by atoms with Crippen LogP contribution in [-0.2, 0) is 12.7 Å². The zero-order chi connectivity index (χ0) is 15.9. The van der Waals surface area contributed by atoms with Crippen molar-refractivity contribution in [3.05, 3.63) is 51.5 Å². The number of thiazole rings is 1. The topological polar surface area (TPSA) is 57.0 Å². The van der Waals surface area contributed by atoms with Gasteiger partial charge in [0.1, 0.15) is 11.0 Å². The predicted octanol–water partition coefficient (Wildman–Crippen LogP) is 3.38. The van der Waals surface area contributed by atoms with Crippen molar-refractivity contribution in [2.45, 2.75) is 18.8 Å². The summed E-state index contributed by atoms with van der Waals surface area (Å²) >= 11 is 1.32. The number of fused-ring (bicyclic) bond motifs is 1. The summed E-state index contributed by atoms with van der Waals surface area (Å²) in [6, 6.07) is 3.74. The molecule has 1 amide bonds. The second-order valence-electron chi connectivity index (χ2n) is 4.69. The molecule has 8 heteroatoms. The first-order valence-electron chi connectivity index (χ1n) is 6.22. The lowest BCUT2D eigenvalue weighted by atomic mass is 10.0. The molecule has 4 nitrogen and oxygen atoms in total. The van der Waals surface area contributed by atoms with Crippen LogP contribution in [0.3, 0.4) is 0 Å². The highest BCUT2D eigenvalue weighted by molar-refractivity contribution is 7.09. The maximum absolute atomic E-state index is 12.8. The Morgan fingerprint density at radius 1 is 1.41 bits per heavy atom. The summed E-state index contributed by atoms with van der Waals surface area (Å²) in [7, 11) is 0. The number of hydrogen-bond donors (Lipinski definition) is 0. The molecule has 0 N–H and O–H groups in total. The van der Waals surface area contributed by atoms with Crippen LogP contribution in [0, 0.1) is 11.3 Å². The van der Waals surface area contributed by atoms with Gasteiger partial charge in [-0.2, -0.15) is 18.4 Å². The number of carbonyl (C=O) groups excluding carboxylic acids is 1. The highest BCUT2D eigenvalue weighted by Gasteiger charge is 2.40. The molecular formula is C14H8F3N3OS. The lowest BCUT2D eigenvalue weighted by Gasteiger charge is -2.18. The van der Waals surface area contributed by atoms with Crippen molar-refractivity contribution in [2.75, 3.05) is 0 Å². The van der Waals surface area contributed by atoms with Gasteiger partial charge in [-0.25, -0.2) is 4.98 Å². The summed E-state index contributed by atoms with van der Waals surface area (Å²) in [4.78, 5) is 17.6. The third-order valence-electron chi connectivity index (χ3n) is 3.39. The van der Waals surface area contributed by atoms with Crippen LogP contribution >= 0.6 is 11.3 Å². The maximum Gasteiger partial charge on any atom is 0.416 e. The van der Waals surface area contributed by atoms with Gasteiger partial charge in [-0.15, -0.1) is 11.3 Å². The molecule has 1 unspecified atom stereocenters. The fourth-order valence-corrected chi connectivity index (χ4v) is 2.99. The van der Waals surface area contributed by atoms with E-state index in [1.54, 1.807) is 11.6 Å². The number of benzene rings is 1. The van der Waals surface area contributed by atoms with Gasteiger partial charge < -0.3 is 4.90 Å².